The van der Waals surface area contributed by atoms with E-state index in [0.717, 1.165) is 0 Å². The lowest BCUT2D eigenvalue weighted by molar-refractivity contribution is -0.115. The summed E-state index contributed by atoms with van der Waals surface area (Å²) in [5.74, 6) is 0.748. The van der Waals surface area contributed by atoms with Crippen LogP contribution in [0.4, 0.5) is 5.69 Å². The minimum absolute atomic E-state index is 0.134. The lowest BCUT2D eigenvalue weighted by Crippen LogP contribution is -2.16. The van der Waals surface area contributed by atoms with E-state index in [1.165, 1.54) is 12.1 Å². The van der Waals surface area contributed by atoms with Crippen LogP contribution in [0.15, 0.2) is 36.7 Å². The van der Waals surface area contributed by atoms with Gasteiger partial charge in [-0.1, -0.05) is 0 Å². The zero-order valence-electron chi connectivity index (χ0n) is 9.42. The van der Waals surface area contributed by atoms with Gasteiger partial charge in [0.25, 0.3) is 0 Å². The number of phenols is 1. The zero-order chi connectivity index (χ0) is 12.3. The Balaban J connectivity index is 1.98. The van der Waals surface area contributed by atoms with Crippen LogP contribution in [0.2, 0.25) is 0 Å². The van der Waals surface area contributed by atoms with Crippen molar-refractivity contribution < 1.29 is 9.90 Å². The van der Waals surface area contributed by atoms with Gasteiger partial charge in [0.2, 0.25) is 5.91 Å². The second kappa shape index (κ2) is 4.69. The summed E-state index contributed by atoms with van der Waals surface area (Å²) in [4.78, 5) is 15.8. The highest BCUT2D eigenvalue weighted by Gasteiger charge is 2.07. The highest BCUT2D eigenvalue weighted by Crippen LogP contribution is 2.13. The molecule has 1 aromatic carbocycles. The van der Waals surface area contributed by atoms with Crippen molar-refractivity contribution in [3.05, 3.63) is 42.5 Å². The molecule has 0 aliphatic heterocycles. The lowest BCUT2D eigenvalue weighted by atomic mass is 10.3. The molecule has 0 aliphatic rings. The van der Waals surface area contributed by atoms with Gasteiger partial charge < -0.3 is 15.0 Å². The van der Waals surface area contributed by atoms with Crippen molar-refractivity contribution >= 4 is 11.6 Å². The van der Waals surface area contributed by atoms with E-state index in [1.54, 1.807) is 29.1 Å². The fraction of sp³-hybridized carbons (Fsp3) is 0.167. The predicted molar refractivity (Wildman–Crippen MR) is 63.6 cm³/mol. The van der Waals surface area contributed by atoms with Crippen LogP contribution in [0.25, 0.3) is 0 Å². The number of rotatable bonds is 3. The van der Waals surface area contributed by atoms with E-state index >= 15 is 0 Å². The summed E-state index contributed by atoms with van der Waals surface area (Å²) in [5.41, 5.74) is 0.655. The van der Waals surface area contributed by atoms with Gasteiger partial charge in [-0.3, -0.25) is 4.79 Å². The molecule has 88 valence electrons. The van der Waals surface area contributed by atoms with Gasteiger partial charge in [0.15, 0.2) is 0 Å². The number of nitrogens with one attached hydrogen (secondary N) is 1. The summed E-state index contributed by atoms with van der Waals surface area (Å²) in [6.45, 7) is 0. The first-order chi connectivity index (χ1) is 8.15. The van der Waals surface area contributed by atoms with Crippen LogP contribution in [0.5, 0.6) is 5.75 Å². The fourth-order valence-electron chi connectivity index (χ4n) is 1.46. The van der Waals surface area contributed by atoms with Gasteiger partial charge in [-0.15, -0.1) is 0 Å². The van der Waals surface area contributed by atoms with Crippen molar-refractivity contribution in [3.8, 4) is 5.75 Å². The molecular weight excluding hydrogens is 218 g/mol. The average Bonchev–Trinajstić information content (AvgIpc) is 2.68. The first-order valence-electron chi connectivity index (χ1n) is 5.20. The number of anilines is 1. The molecular formula is C12H13N3O2. The minimum atomic E-state index is -0.134. The van der Waals surface area contributed by atoms with Crippen LogP contribution in [-0.4, -0.2) is 20.6 Å². The average molecular weight is 231 g/mol. The number of aromatic nitrogens is 2. The second-order valence-corrected chi connectivity index (χ2v) is 3.73. The van der Waals surface area contributed by atoms with E-state index in [4.69, 9.17) is 5.11 Å². The molecule has 0 bridgehead atoms. The number of carbonyl (C=O) groups excluding carboxylic acids is 1. The van der Waals surface area contributed by atoms with Gasteiger partial charge in [-0.05, 0) is 24.3 Å². The smallest absolute Gasteiger partial charge is 0.231 e. The maximum Gasteiger partial charge on any atom is 0.231 e. The summed E-state index contributed by atoms with van der Waals surface area (Å²) in [6.07, 6.45) is 3.68. The first-order valence-corrected chi connectivity index (χ1v) is 5.20. The van der Waals surface area contributed by atoms with Gasteiger partial charge in [0, 0.05) is 25.1 Å². The standard InChI is InChI=1S/C12H13N3O2/c1-15-7-6-13-11(15)8-12(17)14-9-2-4-10(16)5-3-9/h2-7,16H,8H2,1H3,(H,14,17). The molecule has 0 spiro atoms. The third kappa shape index (κ3) is 2.84. The minimum Gasteiger partial charge on any atom is -0.508 e. The van der Waals surface area contributed by atoms with E-state index in [9.17, 15) is 4.79 Å². The Hall–Kier alpha value is -2.30. The molecule has 17 heavy (non-hydrogen) atoms. The summed E-state index contributed by atoms with van der Waals surface area (Å²) >= 11 is 0. The van der Waals surface area contributed by atoms with Crippen LogP contribution in [0.3, 0.4) is 0 Å². The monoisotopic (exact) mass is 231 g/mol. The number of aromatic hydroxyl groups is 1. The number of carbonyl (C=O) groups is 1. The van der Waals surface area contributed by atoms with Crippen LogP contribution in [0, 0.1) is 0 Å². The quantitative estimate of drug-likeness (QED) is 0.782. The number of aryl methyl sites for hydroxylation is 1. The third-order valence-electron chi connectivity index (χ3n) is 2.39. The Morgan fingerprint density at radius 2 is 2.12 bits per heavy atom. The van der Waals surface area contributed by atoms with Gasteiger partial charge >= 0.3 is 0 Å². The summed E-state index contributed by atoms with van der Waals surface area (Å²) in [6, 6.07) is 6.34. The molecule has 0 atom stereocenters. The molecule has 0 saturated carbocycles. The molecule has 1 amide bonds. The molecule has 2 rings (SSSR count). The summed E-state index contributed by atoms with van der Waals surface area (Å²) in [7, 11) is 1.84. The van der Waals surface area contributed by atoms with Crippen molar-refractivity contribution in [3.63, 3.8) is 0 Å². The summed E-state index contributed by atoms with van der Waals surface area (Å²) < 4.78 is 1.80. The zero-order valence-corrected chi connectivity index (χ0v) is 9.42. The topological polar surface area (TPSA) is 67.2 Å². The number of phenolic OH excluding ortho intramolecular Hbond substituents is 1. The Morgan fingerprint density at radius 1 is 1.41 bits per heavy atom. The maximum atomic E-state index is 11.7. The number of nitrogens with zero attached hydrogens (tertiary/aromatic N) is 2. The molecule has 2 aromatic rings. The Kier molecular flexibility index (Phi) is 3.09. The van der Waals surface area contributed by atoms with Crippen LogP contribution >= 0.6 is 0 Å². The highest BCUT2D eigenvalue weighted by molar-refractivity contribution is 5.91. The van der Waals surface area contributed by atoms with Crippen molar-refractivity contribution in [2.45, 2.75) is 6.42 Å². The molecule has 0 saturated heterocycles. The van der Waals surface area contributed by atoms with Crippen molar-refractivity contribution in [2.24, 2.45) is 7.05 Å². The van der Waals surface area contributed by atoms with E-state index in [0.29, 0.717) is 11.5 Å². The van der Waals surface area contributed by atoms with Gasteiger partial charge in [-0.25, -0.2) is 4.98 Å². The lowest BCUT2D eigenvalue weighted by Gasteiger charge is -2.05. The number of hydrogen-bond donors (Lipinski definition) is 2. The predicted octanol–water partition coefficient (Wildman–Crippen LogP) is 1.31. The van der Waals surface area contributed by atoms with Crippen LogP contribution < -0.4 is 5.32 Å². The molecule has 0 aliphatic carbocycles. The second-order valence-electron chi connectivity index (χ2n) is 3.73. The molecule has 0 unspecified atom stereocenters. The molecule has 2 N–H and O–H groups in total. The maximum absolute atomic E-state index is 11.7. The summed E-state index contributed by atoms with van der Waals surface area (Å²) in [5, 5.41) is 11.8. The fourth-order valence-corrected chi connectivity index (χ4v) is 1.46. The highest BCUT2D eigenvalue weighted by atomic mass is 16.3. The van der Waals surface area contributed by atoms with Crippen molar-refractivity contribution in [1.29, 1.82) is 0 Å². The molecule has 1 aromatic heterocycles. The molecule has 5 heteroatoms. The van der Waals surface area contributed by atoms with Gasteiger partial charge in [0.05, 0.1) is 6.42 Å². The van der Waals surface area contributed by atoms with Crippen LogP contribution in [-0.2, 0) is 18.3 Å². The van der Waals surface area contributed by atoms with Gasteiger partial charge in [0.1, 0.15) is 11.6 Å². The van der Waals surface area contributed by atoms with E-state index in [2.05, 4.69) is 10.3 Å². The third-order valence-corrected chi connectivity index (χ3v) is 2.39. The normalized spacial score (nSPS) is 10.2. The molecule has 0 radical (unpaired) electrons. The number of hydrogen-bond acceptors (Lipinski definition) is 3. The van der Waals surface area contributed by atoms with Crippen molar-refractivity contribution in [2.75, 3.05) is 5.32 Å². The van der Waals surface area contributed by atoms with Crippen LogP contribution in [0.1, 0.15) is 5.82 Å². The van der Waals surface area contributed by atoms with Crippen molar-refractivity contribution in [1.82, 2.24) is 9.55 Å². The Bertz CT molecular complexity index is 517. The van der Waals surface area contributed by atoms with Gasteiger partial charge in [-0.2, -0.15) is 0 Å². The molecule has 5 nitrogen and oxygen atoms in total. The number of benzene rings is 1. The Morgan fingerprint density at radius 3 is 2.71 bits per heavy atom. The SMILES string of the molecule is Cn1ccnc1CC(=O)Nc1ccc(O)cc1. The van der Waals surface area contributed by atoms with E-state index in [1.807, 2.05) is 7.05 Å². The number of amides is 1. The largest absolute Gasteiger partial charge is 0.508 e. The number of imidazole rings is 1. The molecule has 0 fully saturated rings. The van der Waals surface area contributed by atoms with E-state index < -0.39 is 0 Å². The van der Waals surface area contributed by atoms with E-state index in [-0.39, 0.29) is 18.1 Å². The molecule has 1 heterocycles. The Labute approximate surface area is 98.7 Å². The first kappa shape index (κ1) is 11.2.